The zero-order chi connectivity index (χ0) is 19.0. The molecule has 2 fully saturated rings. The van der Waals surface area contributed by atoms with Crippen LogP contribution in [0.25, 0.3) is 0 Å². The lowest BCUT2D eigenvalue weighted by Crippen LogP contribution is -2.64. The van der Waals surface area contributed by atoms with Gasteiger partial charge in [-0.1, -0.05) is 6.08 Å². The highest BCUT2D eigenvalue weighted by Crippen LogP contribution is 2.50. The molecule has 0 aromatic carbocycles. The Bertz CT molecular complexity index is 583. The van der Waals surface area contributed by atoms with E-state index in [-0.39, 0.29) is 29.6 Å². The fourth-order valence-corrected chi connectivity index (χ4v) is 4.44. The van der Waals surface area contributed by atoms with E-state index in [2.05, 4.69) is 17.2 Å². The van der Waals surface area contributed by atoms with Gasteiger partial charge in [0.05, 0.1) is 0 Å². The molecule has 0 radical (unpaired) electrons. The monoisotopic (exact) mass is 351 g/mol. The predicted molar refractivity (Wildman–Crippen MR) is 93.9 cm³/mol. The lowest BCUT2D eigenvalue weighted by molar-refractivity contribution is -0.136. The molecule has 1 saturated carbocycles. The number of fused-ring (bicyclic) bond motifs is 1. The Hall–Kier alpha value is -2.05. The quantitative estimate of drug-likeness (QED) is 0.670. The highest BCUT2D eigenvalue weighted by atomic mass is 16.4. The number of nitrogens with one attached hydrogen (secondary N) is 2. The molecular formula is C18H29N3O4. The number of hydrogen-bond donors (Lipinski definition) is 3. The fraction of sp³-hybridized carbons (Fsp3) is 0.722. The summed E-state index contributed by atoms with van der Waals surface area (Å²) < 4.78 is 0. The summed E-state index contributed by atoms with van der Waals surface area (Å²) in [6.45, 7) is 11.7. The first-order chi connectivity index (χ1) is 11.5. The number of rotatable bonds is 4. The summed E-state index contributed by atoms with van der Waals surface area (Å²) in [5.41, 5.74) is -1.45. The van der Waals surface area contributed by atoms with Gasteiger partial charge in [0.25, 0.3) is 0 Å². The molecule has 7 heteroatoms. The van der Waals surface area contributed by atoms with Gasteiger partial charge in [0.1, 0.15) is 5.54 Å². The molecule has 1 aliphatic carbocycles. The Balaban J connectivity index is 2.38. The van der Waals surface area contributed by atoms with Gasteiger partial charge in [-0.25, -0.2) is 4.79 Å². The first-order valence-electron chi connectivity index (χ1n) is 8.70. The Morgan fingerprint density at radius 1 is 1.32 bits per heavy atom. The van der Waals surface area contributed by atoms with Crippen molar-refractivity contribution in [2.24, 2.45) is 17.8 Å². The van der Waals surface area contributed by atoms with Crippen LogP contribution in [0.4, 0.5) is 4.79 Å². The molecular weight excluding hydrogens is 322 g/mol. The van der Waals surface area contributed by atoms with E-state index in [9.17, 15) is 19.5 Å². The third kappa shape index (κ3) is 3.80. The van der Waals surface area contributed by atoms with Crippen molar-refractivity contribution in [1.29, 1.82) is 0 Å². The van der Waals surface area contributed by atoms with E-state index in [0.717, 1.165) is 0 Å². The molecule has 25 heavy (non-hydrogen) atoms. The van der Waals surface area contributed by atoms with E-state index in [1.165, 1.54) is 11.8 Å². The van der Waals surface area contributed by atoms with Crippen LogP contribution < -0.4 is 10.6 Å². The Morgan fingerprint density at radius 3 is 2.44 bits per heavy atom. The maximum absolute atomic E-state index is 13.2. The molecule has 0 aromatic rings. The predicted octanol–water partition coefficient (Wildman–Crippen LogP) is 1.60. The molecule has 0 bridgehead atoms. The molecule has 7 nitrogen and oxygen atoms in total. The van der Waals surface area contributed by atoms with Crippen LogP contribution in [0.5, 0.6) is 0 Å². The topological polar surface area (TPSA) is 98.7 Å². The highest BCUT2D eigenvalue weighted by molar-refractivity contribution is 5.92. The van der Waals surface area contributed by atoms with E-state index in [4.69, 9.17) is 0 Å². The van der Waals surface area contributed by atoms with Crippen molar-refractivity contribution in [3.63, 3.8) is 0 Å². The summed E-state index contributed by atoms with van der Waals surface area (Å²) in [6, 6.07) is 0. The Kier molecular flexibility index (Phi) is 5.16. The third-order valence-corrected chi connectivity index (χ3v) is 5.21. The molecule has 4 atom stereocenters. The van der Waals surface area contributed by atoms with Gasteiger partial charge in [0.2, 0.25) is 11.8 Å². The van der Waals surface area contributed by atoms with Gasteiger partial charge in [0.15, 0.2) is 0 Å². The van der Waals surface area contributed by atoms with E-state index in [1.807, 2.05) is 20.8 Å². The van der Waals surface area contributed by atoms with E-state index < -0.39 is 17.2 Å². The number of carbonyl (C=O) groups excluding carboxylic acids is 2. The van der Waals surface area contributed by atoms with E-state index in [1.54, 1.807) is 6.08 Å². The van der Waals surface area contributed by atoms with Crippen molar-refractivity contribution in [3.8, 4) is 0 Å². The van der Waals surface area contributed by atoms with Gasteiger partial charge < -0.3 is 20.6 Å². The Labute approximate surface area is 148 Å². The van der Waals surface area contributed by atoms with Crippen molar-refractivity contribution in [1.82, 2.24) is 15.5 Å². The molecule has 1 heterocycles. The summed E-state index contributed by atoms with van der Waals surface area (Å²) in [6.07, 6.45) is 1.81. The first kappa shape index (κ1) is 19.3. The lowest BCUT2D eigenvalue weighted by Gasteiger charge is -2.39. The minimum atomic E-state index is -1.02. The molecule has 0 aromatic heterocycles. The number of carboxylic acid groups (broad SMARTS) is 1. The van der Waals surface area contributed by atoms with Gasteiger partial charge in [-0.2, -0.15) is 0 Å². The van der Waals surface area contributed by atoms with Gasteiger partial charge in [0, 0.05) is 25.6 Å². The summed E-state index contributed by atoms with van der Waals surface area (Å²) >= 11 is 0. The number of carbonyl (C=O) groups is 3. The number of amides is 3. The van der Waals surface area contributed by atoms with Gasteiger partial charge in [-0.15, -0.1) is 6.58 Å². The minimum absolute atomic E-state index is 0.0340. The second kappa shape index (κ2) is 6.69. The van der Waals surface area contributed by atoms with Crippen LogP contribution in [0, 0.1) is 17.8 Å². The van der Waals surface area contributed by atoms with Crippen LogP contribution in [0.2, 0.25) is 0 Å². The smallest absolute Gasteiger partial charge is 0.407 e. The molecule has 2 unspecified atom stereocenters. The SMILES string of the molecule is C=CCC1[C@@H]2CN(C(=O)O)C[C@@H]2CC1(NC(C)=O)C(=O)NC(C)(C)C. The molecule has 2 aliphatic rings. The summed E-state index contributed by atoms with van der Waals surface area (Å²) in [4.78, 5) is 37.8. The maximum atomic E-state index is 13.2. The molecule has 2 rings (SSSR count). The summed E-state index contributed by atoms with van der Waals surface area (Å²) in [5, 5.41) is 15.2. The second-order valence-corrected chi connectivity index (χ2v) is 8.30. The lowest BCUT2D eigenvalue weighted by atomic mass is 9.79. The molecule has 0 spiro atoms. The molecule has 1 saturated heterocycles. The average Bonchev–Trinajstić information content (AvgIpc) is 2.95. The van der Waals surface area contributed by atoms with E-state index >= 15 is 0 Å². The third-order valence-electron chi connectivity index (χ3n) is 5.21. The van der Waals surface area contributed by atoms with Gasteiger partial charge >= 0.3 is 6.09 Å². The second-order valence-electron chi connectivity index (χ2n) is 8.30. The van der Waals surface area contributed by atoms with Gasteiger partial charge in [-0.3, -0.25) is 9.59 Å². The molecule has 1 aliphatic heterocycles. The minimum Gasteiger partial charge on any atom is -0.465 e. The van der Waals surface area contributed by atoms with Crippen LogP contribution in [0.15, 0.2) is 12.7 Å². The van der Waals surface area contributed by atoms with Crippen LogP contribution in [-0.2, 0) is 9.59 Å². The summed E-state index contributed by atoms with van der Waals surface area (Å²) in [7, 11) is 0. The first-order valence-corrected chi connectivity index (χ1v) is 8.70. The fourth-order valence-electron chi connectivity index (χ4n) is 4.44. The van der Waals surface area contributed by atoms with Crippen LogP contribution >= 0.6 is 0 Å². The molecule has 140 valence electrons. The van der Waals surface area contributed by atoms with Crippen molar-refractivity contribution in [2.75, 3.05) is 13.1 Å². The van der Waals surface area contributed by atoms with Crippen molar-refractivity contribution in [3.05, 3.63) is 12.7 Å². The molecule has 3 amide bonds. The van der Waals surface area contributed by atoms with Crippen LogP contribution in [0.3, 0.4) is 0 Å². The van der Waals surface area contributed by atoms with Crippen molar-refractivity contribution < 1.29 is 19.5 Å². The number of hydrogen-bond acceptors (Lipinski definition) is 3. The molecule has 3 N–H and O–H groups in total. The van der Waals surface area contributed by atoms with Gasteiger partial charge in [-0.05, 0) is 51.4 Å². The van der Waals surface area contributed by atoms with Crippen molar-refractivity contribution >= 4 is 17.9 Å². The number of likely N-dealkylation sites (tertiary alicyclic amines) is 1. The summed E-state index contributed by atoms with van der Waals surface area (Å²) in [5.74, 6) is -0.539. The Morgan fingerprint density at radius 2 is 1.96 bits per heavy atom. The van der Waals surface area contributed by atoms with Crippen molar-refractivity contribution in [2.45, 2.75) is 51.6 Å². The maximum Gasteiger partial charge on any atom is 0.407 e. The standard InChI is InChI=1S/C18H29N3O4/c1-6-7-14-13-10-21(16(24)25)9-12(13)8-18(14,19-11(2)22)15(23)20-17(3,4)5/h6,12-14H,1,7-10H2,2-5H3,(H,19,22)(H,20,23)(H,24,25)/t12-,13+,14?,18?/m0/s1. The zero-order valence-electron chi connectivity index (χ0n) is 15.5. The zero-order valence-corrected chi connectivity index (χ0v) is 15.5. The average molecular weight is 351 g/mol. The number of nitrogens with zero attached hydrogens (tertiary/aromatic N) is 1. The normalized spacial score (nSPS) is 31.4. The van der Waals surface area contributed by atoms with E-state index in [0.29, 0.717) is 25.9 Å². The largest absolute Gasteiger partial charge is 0.465 e. The van der Waals surface area contributed by atoms with Crippen LogP contribution in [-0.4, -0.2) is 52.1 Å². The number of allylic oxidation sites excluding steroid dienone is 1. The van der Waals surface area contributed by atoms with Crippen LogP contribution in [0.1, 0.15) is 40.5 Å². The highest BCUT2D eigenvalue weighted by Gasteiger charge is 2.60.